The molecule has 1 unspecified atom stereocenters. The molecule has 4 aromatic rings. The summed E-state index contributed by atoms with van der Waals surface area (Å²) in [5.74, 6) is 0.120. The third kappa shape index (κ3) is 7.71. The summed E-state index contributed by atoms with van der Waals surface area (Å²) in [5, 5.41) is 0. The first kappa shape index (κ1) is 40.0. The standard InChI is InChI=1S/C15H8F6.C15H13.C11H17.2ClH.Zr/c16-14(17,18)12-5-1-10(2-6-12)9-11-3-7-13(8-4-11)15(19,20)21;1-10-3-5-14-12(7-10)9-13-8-11(2)4-6-15(13)14;1-5-9-6-7-10(8-9)11(2,3)4;;;/h1-8H;3-9H,1-2H3;7-9H,5H2,1-4H3;2*1H;/q;;;;;+2/p-2. The van der Waals surface area contributed by atoms with Gasteiger partial charge in [0, 0.05) is 0 Å². The average molecular weight is 807 g/mol. The van der Waals surface area contributed by atoms with Crippen molar-refractivity contribution in [2.75, 3.05) is 0 Å². The van der Waals surface area contributed by atoms with E-state index in [1.54, 1.807) is 0 Å². The van der Waals surface area contributed by atoms with E-state index in [2.05, 4.69) is 90.1 Å². The second-order valence-corrected chi connectivity index (χ2v) is 20.1. The molecule has 0 fully saturated rings. The van der Waals surface area contributed by atoms with Crippen LogP contribution in [0.3, 0.4) is 0 Å². The zero-order chi connectivity index (χ0) is 34.8. The fourth-order valence-electron chi connectivity index (χ4n) is 7.11. The van der Waals surface area contributed by atoms with Gasteiger partial charge in [0.25, 0.3) is 0 Å². The minimum absolute atomic E-state index is 0. The number of aryl methyl sites for hydroxylation is 2. The van der Waals surface area contributed by atoms with Gasteiger partial charge in [0.1, 0.15) is 0 Å². The van der Waals surface area contributed by atoms with Gasteiger partial charge in [0.05, 0.1) is 0 Å². The van der Waals surface area contributed by atoms with Crippen molar-refractivity contribution in [2.24, 2.45) is 11.3 Å². The van der Waals surface area contributed by atoms with E-state index in [4.69, 9.17) is 0 Å². The van der Waals surface area contributed by atoms with Crippen LogP contribution in [0, 0.1) is 25.2 Å². The summed E-state index contributed by atoms with van der Waals surface area (Å²) in [6.45, 7) is 12.8. The van der Waals surface area contributed by atoms with Crippen LogP contribution >= 0.6 is 0 Å². The molecule has 6 rings (SSSR count). The largest absolute Gasteiger partial charge is 1.00 e. The molecule has 1 atom stereocenters. The SMILES string of the molecule is CCC1C=C(C(C)(C)C)C=[C]1[Zr+2](=[C](c1ccc(C(F)(F)F)cc1)c1ccc(C(F)(F)F)cc1)[CH]1c2cc(C)ccc2-c2ccc(C)cc21.[Cl-].[Cl-]. The molecule has 0 bridgehead atoms. The Balaban J connectivity index is 0.00000281. The van der Waals surface area contributed by atoms with E-state index in [0.717, 1.165) is 56.1 Å². The van der Waals surface area contributed by atoms with Gasteiger partial charge in [-0.3, -0.25) is 0 Å². The van der Waals surface area contributed by atoms with E-state index in [-0.39, 0.29) is 39.8 Å². The maximum Gasteiger partial charge on any atom is -1.00 e. The van der Waals surface area contributed by atoms with Crippen LogP contribution in [0.4, 0.5) is 26.3 Å². The van der Waals surface area contributed by atoms with Gasteiger partial charge < -0.3 is 24.8 Å². The minimum Gasteiger partial charge on any atom is -1.00 e. The molecular weight excluding hydrogens is 769 g/mol. The molecule has 2 aliphatic rings. The van der Waals surface area contributed by atoms with E-state index in [9.17, 15) is 26.3 Å². The molecule has 0 radical (unpaired) electrons. The maximum absolute atomic E-state index is 13.8. The van der Waals surface area contributed by atoms with Crippen molar-refractivity contribution < 1.29 is 72.4 Å². The number of rotatable bonds is 5. The second kappa shape index (κ2) is 14.7. The Morgan fingerprint density at radius 1 is 0.640 bits per heavy atom. The van der Waals surface area contributed by atoms with Gasteiger partial charge in [0.2, 0.25) is 0 Å². The first-order chi connectivity index (χ1) is 22.5. The summed E-state index contributed by atoms with van der Waals surface area (Å²) in [5.41, 5.74) is 7.74. The van der Waals surface area contributed by atoms with Crippen molar-refractivity contribution in [2.45, 2.75) is 63.9 Å². The molecule has 0 N–H and O–H groups in total. The van der Waals surface area contributed by atoms with E-state index >= 15 is 0 Å². The third-order valence-corrected chi connectivity index (χ3v) is 18.1. The molecule has 0 spiro atoms. The van der Waals surface area contributed by atoms with Crippen LogP contribution in [-0.4, -0.2) is 3.21 Å². The Kier molecular flexibility index (Phi) is 11.8. The number of fused-ring (bicyclic) bond motifs is 3. The van der Waals surface area contributed by atoms with Gasteiger partial charge in [0.15, 0.2) is 0 Å². The molecule has 0 aliphatic heterocycles. The van der Waals surface area contributed by atoms with Crippen LogP contribution < -0.4 is 24.8 Å². The van der Waals surface area contributed by atoms with Gasteiger partial charge in [-0.2, -0.15) is 0 Å². The van der Waals surface area contributed by atoms with Crippen LogP contribution in [0.5, 0.6) is 0 Å². The molecule has 9 heteroatoms. The fourth-order valence-corrected chi connectivity index (χ4v) is 16.8. The number of hydrogen-bond donors (Lipinski definition) is 0. The molecule has 50 heavy (non-hydrogen) atoms. The molecular formula is C41H38Cl2F6Zr. The van der Waals surface area contributed by atoms with Crippen molar-refractivity contribution >= 4 is 3.21 Å². The average Bonchev–Trinajstić information content (AvgIpc) is 3.58. The third-order valence-electron chi connectivity index (χ3n) is 9.59. The number of hydrogen-bond acceptors (Lipinski definition) is 0. The Hall–Kier alpha value is -2.73. The van der Waals surface area contributed by atoms with Gasteiger partial charge in [-0.05, 0) is 0 Å². The zero-order valence-corrected chi connectivity index (χ0v) is 32.6. The second-order valence-electron chi connectivity index (χ2n) is 14.0. The summed E-state index contributed by atoms with van der Waals surface area (Å²) in [4.78, 5) is 0. The molecule has 4 aromatic carbocycles. The fraction of sp³-hybridized carbons (Fsp3) is 0.293. The summed E-state index contributed by atoms with van der Waals surface area (Å²) >= 11 is -3.46. The van der Waals surface area contributed by atoms with Crippen molar-refractivity contribution in [3.63, 3.8) is 0 Å². The summed E-state index contributed by atoms with van der Waals surface area (Å²) in [6.07, 6.45) is -3.51. The van der Waals surface area contributed by atoms with Crippen LogP contribution in [-0.2, 0) is 33.6 Å². The van der Waals surface area contributed by atoms with Crippen molar-refractivity contribution in [3.05, 3.63) is 150 Å². The van der Waals surface area contributed by atoms with Gasteiger partial charge in [-0.25, -0.2) is 0 Å². The Labute approximate surface area is 310 Å². The predicted octanol–water partition coefficient (Wildman–Crippen LogP) is 6.20. The molecule has 2 aliphatic carbocycles. The molecule has 0 saturated heterocycles. The smallest absolute Gasteiger partial charge is 1.00 e. The first-order valence-corrected chi connectivity index (χ1v) is 20.1. The topological polar surface area (TPSA) is 0 Å². The molecule has 0 amide bonds. The van der Waals surface area contributed by atoms with Crippen LogP contribution in [0.1, 0.15) is 82.2 Å². The van der Waals surface area contributed by atoms with Crippen LogP contribution in [0.25, 0.3) is 11.1 Å². The van der Waals surface area contributed by atoms with Crippen molar-refractivity contribution in [1.82, 2.24) is 0 Å². The van der Waals surface area contributed by atoms with Crippen molar-refractivity contribution in [1.29, 1.82) is 0 Å². The van der Waals surface area contributed by atoms with E-state index in [0.29, 0.717) is 11.1 Å². The normalized spacial score (nSPS) is 15.5. The van der Waals surface area contributed by atoms with Crippen molar-refractivity contribution in [3.8, 4) is 11.1 Å². The molecule has 0 heterocycles. The number of benzene rings is 4. The summed E-state index contributed by atoms with van der Waals surface area (Å²) < 4.78 is 84.9. The monoisotopic (exact) mass is 804 g/mol. The Bertz CT molecular complexity index is 1870. The molecule has 0 nitrogen and oxygen atoms in total. The van der Waals surface area contributed by atoms with Gasteiger partial charge in [-0.1, -0.05) is 0 Å². The van der Waals surface area contributed by atoms with Crippen LogP contribution in [0.2, 0.25) is 0 Å². The van der Waals surface area contributed by atoms with E-state index < -0.39 is 44.7 Å². The summed E-state index contributed by atoms with van der Waals surface area (Å²) in [6, 6.07) is 23.5. The quantitative estimate of drug-likeness (QED) is 0.211. The predicted molar refractivity (Wildman–Crippen MR) is 179 cm³/mol. The zero-order valence-electron chi connectivity index (χ0n) is 28.6. The van der Waals surface area contributed by atoms with E-state index in [1.807, 2.05) is 0 Å². The van der Waals surface area contributed by atoms with Crippen LogP contribution in [0.15, 0.2) is 106 Å². The Morgan fingerprint density at radius 3 is 1.42 bits per heavy atom. The van der Waals surface area contributed by atoms with E-state index in [1.165, 1.54) is 44.2 Å². The molecule has 262 valence electrons. The first-order valence-electron chi connectivity index (χ1n) is 16.2. The number of allylic oxidation sites excluding steroid dienone is 4. The number of halogens is 8. The van der Waals surface area contributed by atoms with Gasteiger partial charge in [-0.15, -0.1) is 0 Å². The van der Waals surface area contributed by atoms with Gasteiger partial charge >= 0.3 is 288 Å². The summed E-state index contributed by atoms with van der Waals surface area (Å²) in [7, 11) is 0. The maximum atomic E-state index is 13.8. The Morgan fingerprint density at radius 2 is 1.06 bits per heavy atom. The minimum atomic E-state index is -4.51. The molecule has 0 aromatic heterocycles. The molecule has 0 saturated carbocycles. The number of alkyl halides is 6.